The predicted octanol–water partition coefficient (Wildman–Crippen LogP) is 1.06. The van der Waals surface area contributed by atoms with E-state index in [0.717, 1.165) is 12.3 Å². The highest BCUT2D eigenvalue weighted by molar-refractivity contribution is 5.83. The summed E-state index contributed by atoms with van der Waals surface area (Å²) < 4.78 is 4.85. The zero-order valence-corrected chi connectivity index (χ0v) is 6.44. The number of rotatable bonds is 2. The second-order valence-electron chi connectivity index (χ2n) is 2.09. The minimum atomic E-state index is -0.469. The van der Waals surface area contributed by atoms with E-state index in [1.807, 2.05) is 6.07 Å². The van der Waals surface area contributed by atoms with Crippen molar-refractivity contribution in [1.29, 1.82) is 0 Å². The van der Waals surface area contributed by atoms with Gasteiger partial charge in [-0.1, -0.05) is 18.2 Å². The van der Waals surface area contributed by atoms with Gasteiger partial charge in [0.2, 0.25) is 0 Å². The first kappa shape index (κ1) is 8.33. The van der Waals surface area contributed by atoms with Gasteiger partial charge in [0.05, 0.1) is 0 Å². The Kier molecular flexibility index (Phi) is 2.90. The average molecular weight is 163 g/mol. The van der Waals surface area contributed by atoms with Crippen molar-refractivity contribution in [3.05, 3.63) is 42.6 Å². The molecule has 0 radical (unpaired) electrons. The van der Waals surface area contributed by atoms with Crippen LogP contribution in [-0.2, 0) is 4.79 Å². The first-order valence-electron chi connectivity index (χ1n) is 3.48. The second kappa shape index (κ2) is 4.18. The van der Waals surface area contributed by atoms with E-state index >= 15 is 0 Å². The normalized spacial score (nSPS) is 10.0. The number of carbonyl (C=O) groups excluding carboxylic acids is 1. The van der Waals surface area contributed by atoms with Crippen LogP contribution in [0.2, 0.25) is 0 Å². The minimum absolute atomic E-state index is 0.469. The van der Waals surface area contributed by atoms with Crippen LogP contribution in [0, 0.1) is 0 Å². The highest BCUT2D eigenvalue weighted by Gasteiger charge is 1.96. The molecule has 1 rings (SSSR count). The Bertz CT molecular complexity index is 280. The van der Waals surface area contributed by atoms with Crippen molar-refractivity contribution in [2.75, 3.05) is 0 Å². The Labute approximate surface area is 70.5 Å². The van der Waals surface area contributed by atoms with E-state index in [-0.39, 0.29) is 0 Å². The largest absolute Gasteiger partial charge is 0.423 e. The number of nitrogens with two attached hydrogens (primary N) is 1. The quantitative estimate of drug-likeness (QED) is 0.403. The molecule has 0 aromatic heterocycles. The summed E-state index contributed by atoms with van der Waals surface area (Å²) in [5, 5.41) is 0. The standard InChI is InChI=1S/C9H9NO2/c10-7-6-9(11)12-8-4-2-1-3-5-8/h1-7H,10H2. The molecule has 2 N–H and O–H groups in total. The van der Waals surface area contributed by atoms with E-state index < -0.39 is 5.97 Å². The van der Waals surface area contributed by atoms with Gasteiger partial charge < -0.3 is 10.5 Å². The minimum Gasteiger partial charge on any atom is -0.423 e. The van der Waals surface area contributed by atoms with E-state index in [1.165, 1.54) is 0 Å². The van der Waals surface area contributed by atoms with Gasteiger partial charge in [0.1, 0.15) is 5.75 Å². The van der Waals surface area contributed by atoms with Gasteiger partial charge >= 0.3 is 5.97 Å². The lowest BCUT2D eigenvalue weighted by atomic mass is 10.3. The molecule has 0 aliphatic rings. The molecule has 0 aliphatic heterocycles. The molecule has 0 bridgehead atoms. The molecule has 0 unspecified atom stereocenters. The molecule has 0 fully saturated rings. The summed E-state index contributed by atoms with van der Waals surface area (Å²) in [6, 6.07) is 8.81. The summed E-state index contributed by atoms with van der Waals surface area (Å²) >= 11 is 0. The lowest BCUT2D eigenvalue weighted by Crippen LogP contribution is -2.04. The topological polar surface area (TPSA) is 52.3 Å². The number of benzene rings is 1. The van der Waals surface area contributed by atoms with Crippen LogP contribution in [0.4, 0.5) is 0 Å². The predicted molar refractivity (Wildman–Crippen MR) is 45.4 cm³/mol. The van der Waals surface area contributed by atoms with Crippen molar-refractivity contribution in [2.45, 2.75) is 0 Å². The zero-order valence-electron chi connectivity index (χ0n) is 6.44. The first-order chi connectivity index (χ1) is 5.83. The van der Waals surface area contributed by atoms with Gasteiger partial charge in [0.15, 0.2) is 0 Å². The van der Waals surface area contributed by atoms with Crippen LogP contribution in [-0.4, -0.2) is 5.97 Å². The number of ether oxygens (including phenoxy) is 1. The van der Waals surface area contributed by atoms with Gasteiger partial charge in [-0.2, -0.15) is 0 Å². The Morgan fingerprint density at radius 2 is 2.00 bits per heavy atom. The molecule has 3 heteroatoms. The van der Waals surface area contributed by atoms with Gasteiger partial charge in [-0.25, -0.2) is 4.79 Å². The summed E-state index contributed by atoms with van der Waals surface area (Å²) in [5.41, 5.74) is 5.00. The summed E-state index contributed by atoms with van der Waals surface area (Å²) in [4.78, 5) is 10.8. The number of hydrogen-bond donors (Lipinski definition) is 1. The Balaban J connectivity index is 2.59. The monoisotopic (exact) mass is 163 g/mol. The fraction of sp³-hybridized carbons (Fsp3) is 0. The van der Waals surface area contributed by atoms with Crippen molar-refractivity contribution in [1.82, 2.24) is 0 Å². The molecular weight excluding hydrogens is 154 g/mol. The highest BCUT2D eigenvalue weighted by atomic mass is 16.5. The lowest BCUT2D eigenvalue weighted by Gasteiger charge is -1.98. The maximum Gasteiger partial charge on any atom is 0.337 e. The summed E-state index contributed by atoms with van der Waals surface area (Å²) in [6.45, 7) is 0. The molecule has 1 aromatic carbocycles. The van der Waals surface area contributed by atoms with Crippen LogP contribution in [0.1, 0.15) is 0 Å². The lowest BCUT2D eigenvalue weighted by molar-refractivity contribution is -0.129. The summed E-state index contributed by atoms with van der Waals surface area (Å²) in [6.07, 6.45) is 2.30. The van der Waals surface area contributed by atoms with Gasteiger partial charge in [-0.3, -0.25) is 0 Å². The average Bonchev–Trinajstić information content (AvgIpc) is 2.06. The number of carbonyl (C=O) groups is 1. The molecule has 12 heavy (non-hydrogen) atoms. The van der Waals surface area contributed by atoms with Crippen molar-refractivity contribution < 1.29 is 9.53 Å². The maximum absolute atomic E-state index is 10.8. The van der Waals surface area contributed by atoms with Gasteiger partial charge in [-0.05, 0) is 12.1 Å². The molecule has 0 heterocycles. The fourth-order valence-electron chi connectivity index (χ4n) is 0.717. The molecule has 0 saturated carbocycles. The first-order valence-corrected chi connectivity index (χ1v) is 3.48. The number of esters is 1. The molecule has 0 atom stereocenters. The third-order valence-electron chi connectivity index (χ3n) is 1.19. The third kappa shape index (κ3) is 2.46. The summed E-state index contributed by atoms with van der Waals surface area (Å²) in [7, 11) is 0. The van der Waals surface area contributed by atoms with Crippen LogP contribution >= 0.6 is 0 Å². The van der Waals surface area contributed by atoms with E-state index in [9.17, 15) is 4.79 Å². The van der Waals surface area contributed by atoms with Gasteiger partial charge in [0, 0.05) is 12.3 Å². The van der Waals surface area contributed by atoms with Crippen LogP contribution in [0.5, 0.6) is 5.75 Å². The molecule has 0 amide bonds. The van der Waals surface area contributed by atoms with E-state index in [2.05, 4.69) is 0 Å². The Morgan fingerprint density at radius 1 is 1.33 bits per heavy atom. The molecule has 0 aliphatic carbocycles. The maximum atomic E-state index is 10.8. The summed E-state index contributed by atoms with van der Waals surface area (Å²) in [5.74, 6) is 0.0456. The third-order valence-corrected chi connectivity index (χ3v) is 1.19. The van der Waals surface area contributed by atoms with E-state index in [1.54, 1.807) is 24.3 Å². The van der Waals surface area contributed by atoms with Crippen molar-refractivity contribution in [3.63, 3.8) is 0 Å². The number of para-hydroxylation sites is 1. The van der Waals surface area contributed by atoms with Crippen molar-refractivity contribution in [2.24, 2.45) is 5.73 Å². The van der Waals surface area contributed by atoms with E-state index in [4.69, 9.17) is 10.5 Å². The SMILES string of the molecule is NC=CC(=O)Oc1ccccc1. The fourth-order valence-corrected chi connectivity index (χ4v) is 0.717. The molecule has 1 aromatic rings. The zero-order chi connectivity index (χ0) is 8.81. The smallest absolute Gasteiger partial charge is 0.337 e. The Morgan fingerprint density at radius 3 is 2.58 bits per heavy atom. The molecule has 3 nitrogen and oxygen atoms in total. The van der Waals surface area contributed by atoms with E-state index in [0.29, 0.717) is 5.75 Å². The van der Waals surface area contributed by atoms with Gasteiger partial charge in [-0.15, -0.1) is 0 Å². The molecule has 0 saturated heterocycles. The van der Waals surface area contributed by atoms with Crippen LogP contribution < -0.4 is 10.5 Å². The van der Waals surface area contributed by atoms with Crippen LogP contribution in [0.25, 0.3) is 0 Å². The van der Waals surface area contributed by atoms with Gasteiger partial charge in [0.25, 0.3) is 0 Å². The van der Waals surface area contributed by atoms with Crippen molar-refractivity contribution >= 4 is 5.97 Å². The highest BCUT2D eigenvalue weighted by Crippen LogP contribution is 2.08. The number of hydrogen-bond acceptors (Lipinski definition) is 3. The second-order valence-corrected chi connectivity index (χ2v) is 2.09. The van der Waals surface area contributed by atoms with Crippen LogP contribution in [0.15, 0.2) is 42.6 Å². The van der Waals surface area contributed by atoms with Crippen LogP contribution in [0.3, 0.4) is 0 Å². The molecule has 62 valence electrons. The molecule has 0 spiro atoms. The van der Waals surface area contributed by atoms with Crippen molar-refractivity contribution in [3.8, 4) is 5.75 Å². The molecular formula is C9H9NO2. The Hall–Kier alpha value is -1.77.